The fraction of sp³-hybridized carbons (Fsp3) is 0.500. The van der Waals surface area contributed by atoms with Crippen LogP contribution in [0.2, 0.25) is 0 Å². The summed E-state index contributed by atoms with van der Waals surface area (Å²) < 4.78 is 19.1. The van der Waals surface area contributed by atoms with Gasteiger partial charge in [-0.2, -0.15) is 0 Å². The van der Waals surface area contributed by atoms with Crippen LogP contribution in [0.5, 0.6) is 11.5 Å². The predicted octanol–water partition coefficient (Wildman–Crippen LogP) is 9.40. The molecule has 7 rings (SSSR count). The van der Waals surface area contributed by atoms with E-state index in [2.05, 4.69) is 45.1 Å². The Hall–Kier alpha value is -4.37. The Morgan fingerprint density at radius 1 is 0.882 bits per heavy atom. The van der Waals surface area contributed by atoms with Crippen LogP contribution in [0.1, 0.15) is 102 Å². The van der Waals surface area contributed by atoms with E-state index in [0.717, 1.165) is 38.2 Å². The summed E-state index contributed by atoms with van der Waals surface area (Å²) in [7, 11) is 0. The second-order valence-corrected chi connectivity index (χ2v) is 16.8. The molecule has 2 aromatic carbocycles. The average Bonchev–Trinajstić information content (AvgIpc) is 3.73. The number of nitrogens with zero attached hydrogens (tertiary/aromatic N) is 4. The van der Waals surface area contributed by atoms with Crippen molar-refractivity contribution in [2.24, 2.45) is 11.3 Å². The number of aromatic nitrogens is 2. The molecule has 2 aromatic heterocycles. The van der Waals surface area contributed by atoms with E-state index in [1.54, 1.807) is 24.5 Å². The molecule has 0 N–H and O–H groups in total. The molecule has 270 valence electrons. The second-order valence-electron chi connectivity index (χ2n) is 16.8. The Bertz CT molecular complexity index is 1870. The van der Waals surface area contributed by atoms with Crippen molar-refractivity contribution >= 4 is 28.8 Å². The van der Waals surface area contributed by atoms with E-state index in [4.69, 9.17) is 14.2 Å². The number of ether oxygens (including phenoxy) is 3. The van der Waals surface area contributed by atoms with Gasteiger partial charge in [0.2, 0.25) is 0 Å². The standard InChI is InChI=1S/C42H52N4O5/c1-40(2,3)50-38(47)34-15-14-32(25-35(34)49-33-24-31-18-23-46(37(31)43-26-33)39(48)51-41(4,5)6)44-21-16-29(17-22-44)27-45-28-42(19-10-11-20-42)36(45)30-12-8-7-9-13-30/h7-9,12-15,18,23-26,29,36H,10-11,16-17,19-22,27-28H2,1-6H3. The number of rotatable bonds is 7. The first-order valence-electron chi connectivity index (χ1n) is 18.6. The first-order chi connectivity index (χ1) is 24.3. The zero-order valence-corrected chi connectivity index (χ0v) is 31.0. The van der Waals surface area contributed by atoms with Crippen molar-refractivity contribution in [3.8, 4) is 11.5 Å². The zero-order valence-electron chi connectivity index (χ0n) is 31.0. The van der Waals surface area contributed by atoms with Gasteiger partial charge < -0.3 is 19.1 Å². The molecule has 0 bridgehead atoms. The van der Waals surface area contributed by atoms with Crippen molar-refractivity contribution in [3.05, 3.63) is 84.2 Å². The number of likely N-dealkylation sites (tertiary alicyclic amines) is 1. The molecule has 1 spiro atoms. The van der Waals surface area contributed by atoms with E-state index in [1.807, 2.05) is 59.7 Å². The lowest BCUT2D eigenvalue weighted by Crippen LogP contribution is -2.58. The van der Waals surface area contributed by atoms with Crippen LogP contribution in [0, 0.1) is 11.3 Å². The molecular formula is C42H52N4O5. The summed E-state index contributed by atoms with van der Waals surface area (Å²) in [5.74, 6) is 1.06. The van der Waals surface area contributed by atoms with Crippen LogP contribution in [0.25, 0.3) is 11.0 Å². The monoisotopic (exact) mass is 692 g/mol. The third-order valence-electron chi connectivity index (χ3n) is 10.6. The molecule has 2 aliphatic heterocycles. The van der Waals surface area contributed by atoms with Gasteiger partial charge in [-0.15, -0.1) is 0 Å². The summed E-state index contributed by atoms with van der Waals surface area (Å²) >= 11 is 0. The van der Waals surface area contributed by atoms with Crippen LogP contribution in [-0.2, 0) is 9.47 Å². The van der Waals surface area contributed by atoms with Crippen molar-refractivity contribution in [3.63, 3.8) is 0 Å². The number of piperidine rings is 1. The molecule has 1 atom stereocenters. The first kappa shape index (κ1) is 35.1. The second kappa shape index (κ2) is 13.6. The number of carbonyl (C=O) groups is 2. The molecule has 2 saturated heterocycles. The van der Waals surface area contributed by atoms with Gasteiger partial charge in [0.05, 0.1) is 6.20 Å². The zero-order chi connectivity index (χ0) is 36.0. The fourth-order valence-corrected chi connectivity index (χ4v) is 8.38. The SMILES string of the molecule is CC(C)(C)OC(=O)c1ccc(N2CCC(CN3CC4(CCCC4)C3c3ccccc3)CC2)cc1Oc1cnc2c(ccn2C(=O)OC(C)(C)C)c1. The number of fused-ring (bicyclic) bond motifs is 1. The van der Waals surface area contributed by atoms with Crippen molar-refractivity contribution in [2.75, 3.05) is 31.1 Å². The van der Waals surface area contributed by atoms with Gasteiger partial charge in [-0.3, -0.25) is 4.90 Å². The van der Waals surface area contributed by atoms with E-state index in [-0.39, 0.29) is 0 Å². The molecule has 4 aromatic rings. The maximum Gasteiger partial charge on any atom is 0.420 e. The van der Waals surface area contributed by atoms with Gasteiger partial charge in [-0.1, -0.05) is 43.2 Å². The summed E-state index contributed by atoms with van der Waals surface area (Å²) in [5, 5.41) is 0.714. The highest BCUT2D eigenvalue weighted by molar-refractivity contribution is 5.94. The molecular weight excluding hydrogens is 640 g/mol. The number of hydrogen-bond donors (Lipinski definition) is 0. The Morgan fingerprint density at radius 3 is 2.27 bits per heavy atom. The Kier molecular flexibility index (Phi) is 9.37. The van der Waals surface area contributed by atoms with Gasteiger partial charge in [0.15, 0.2) is 0 Å². The molecule has 3 fully saturated rings. The van der Waals surface area contributed by atoms with Gasteiger partial charge in [0.1, 0.15) is 33.9 Å². The quantitative estimate of drug-likeness (QED) is 0.177. The van der Waals surface area contributed by atoms with Gasteiger partial charge in [0.25, 0.3) is 0 Å². The van der Waals surface area contributed by atoms with Crippen LogP contribution in [0.4, 0.5) is 10.5 Å². The molecule has 3 aliphatic rings. The first-order valence-corrected chi connectivity index (χ1v) is 18.6. The minimum Gasteiger partial charge on any atom is -0.456 e. The van der Waals surface area contributed by atoms with Gasteiger partial charge in [0, 0.05) is 61.0 Å². The largest absolute Gasteiger partial charge is 0.456 e. The number of benzene rings is 2. The predicted molar refractivity (Wildman–Crippen MR) is 200 cm³/mol. The minimum absolute atomic E-state index is 0.348. The summed E-state index contributed by atoms with van der Waals surface area (Å²) in [6, 6.07) is 21.1. The van der Waals surface area contributed by atoms with Crippen molar-refractivity contribution in [1.82, 2.24) is 14.5 Å². The Balaban J connectivity index is 1.06. The summed E-state index contributed by atoms with van der Waals surface area (Å²) in [4.78, 5) is 35.8. The molecule has 1 unspecified atom stereocenters. The lowest BCUT2D eigenvalue weighted by Gasteiger charge is -2.58. The van der Waals surface area contributed by atoms with Crippen molar-refractivity contribution < 1.29 is 23.8 Å². The van der Waals surface area contributed by atoms with E-state index in [9.17, 15) is 9.59 Å². The molecule has 51 heavy (non-hydrogen) atoms. The molecule has 0 radical (unpaired) electrons. The number of carbonyl (C=O) groups excluding carboxylic acids is 2. The van der Waals surface area contributed by atoms with Gasteiger partial charge >= 0.3 is 12.1 Å². The summed E-state index contributed by atoms with van der Waals surface area (Å²) in [5.41, 5.74) is 2.48. The molecule has 1 saturated carbocycles. The highest BCUT2D eigenvalue weighted by Gasteiger charge is 2.54. The lowest BCUT2D eigenvalue weighted by molar-refractivity contribution is -0.0832. The molecule has 9 heteroatoms. The third kappa shape index (κ3) is 7.64. The van der Waals surface area contributed by atoms with Crippen LogP contribution in [0.15, 0.2) is 73.1 Å². The number of pyridine rings is 1. The Labute approximate surface area is 301 Å². The average molecular weight is 693 g/mol. The van der Waals surface area contributed by atoms with Crippen molar-refractivity contribution in [1.29, 1.82) is 0 Å². The lowest BCUT2D eigenvalue weighted by atomic mass is 9.67. The maximum absolute atomic E-state index is 13.4. The number of hydrogen-bond acceptors (Lipinski definition) is 8. The van der Waals surface area contributed by atoms with E-state index >= 15 is 0 Å². The van der Waals surface area contributed by atoms with Gasteiger partial charge in [-0.05, 0) is 103 Å². The Morgan fingerprint density at radius 2 is 1.59 bits per heavy atom. The van der Waals surface area contributed by atoms with E-state index < -0.39 is 23.3 Å². The summed E-state index contributed by atoms with van der Waals surface area (Å²) in [6.07, 6.45) is 10.4. The summed E-state index contributed by atoms with van der Waals surface area (Å²) in [6.45, 7) is 15.3. The number of esters is 1. The van der Waals surface area contributed by atoms with E-state index in [0.29, 0.717) is 45.5 Å². The maximum atomic E-state index is 13.4. The highest BCUT2D eigenvalue weighted by Crippen LogP contribution is 2.58. The molecule has 1 aliphatic carbocycles. The topological polar surface area (TPSA) is 86.1 Å². The van der Waals surface area contributed by atoms with Gasteiger partial charge in [-0.25, -0.2) is 19.1 Å². The minimum atomic E-state index is -0.659. The van der Waals surface area contributed by atoms with Crippen molar-refractivity contribution in [2.45, 2.75) is 97.3 Å². The molecule has 9 nitrogen and oxygen atoms in total. The van der Waals surface area contributed by atoms with Crippen LogP contribution >= 0.6 is 0 Å². The normalized spacial score (nSPS) is 19.6. The fourth-order valence-electron chi connectivity index (χ4n) is 8.38. The highest BCUT2D eigenvalue weighted by atomic mass is 16.6. The van der Waals surface area contributed by atoms with Crippen LogP contribution in [-0.4, -0.2) is 63.9 Å². The smallest absolute Gasteiger partial charge is 0.420 e. The van der Waals surface area contributed by atoms with E-state index in [1.165, 1.54) is 42.4 Å². The number of anilines is 1. The molecule has 4 heterocycles. The third-order valence-corrected chi connectivity index (χ3v) is 10.6. The van der Waals surface area contributed by atoms with Crippen LogP contribution in [0.3, 0.4) is 0 Å². The molecule has 0 amide bonds. The van der Waals surface area contributed by atoms with Crippen LogP contribution < -0.4 is 9.64 Å².